The smallest absolute Gasteiger partial charge is 0.312 e. The van der Waals surface area contributed by atoms with E-state index in [4.69, 9.17) is 14.6 Å². The number of carbonyl (C=O) groups excluding carboxylic acids is 6. The van der Waals surface area contributed by atoms with Crippen LogP contribution in [0.2, 0.25) is 0 Å². The fraction of sp³-hybridized carbons (Fsp3) is 0.533. The van der Waals surface area contributed by atoms with Gasteiger partial charge in [0.15, 0.2) is 17.9 Å². The lowest BCUT2D eigenvalue weighted by atomic mass is 9.73. The van der Waals surface area contributed by atoms with Gasteiger partial charge in [0.2, 0.25) is 17.6 Å². The van der Waals surface area contributed by atoms with Crippen LogP contribution in [-0.2, 0) is 41.6 Å². The molecule has 0 spiro atoms. The number of imide groups is 1. The van der Waals surface area contributed by atoms with Crippen LogP contribution in [0.5, 0.6) is 17.2 Å². The van der Waals surface area contributed by atoms with Crippen LogP contribution >= 0.6 is 11.8 Å². The Balaban J connectivity index is 0.000000619. The zero-order valence-electron chi connectivity index (χ0n) is 34.9. The summed E-state index contributed by atoms with van der Waals surface area (Å²) < 4.78 is 10.3. The number of thioether (sulfide) groups is 1. The van der Waals surface area contributed by atoms with Crippen molar-refractivity contribution in [3.63, 3.8) is 0 Å². The Bertz CT molecular complexity index is 2050. The molecule has 1 saturated carbocycles. The lowest BCUT2D eigenvalue weighted by molar-refractivity contribution is -0.144. The maximum atomic E-state index is 13.8. The van der Waals surface area contributed by atoms with Crippen molar-refractivity contribution in [2.75, 3.05) is 25.5 Å². The second kappa shape index (κ2) is 22.3. The molecule has 3 fully saturated rings. The minimum Gasteiger partial charge on any atom is -0.507 e. The number of phenolic OH excluding ortho intramolecular Hbond substituents is 2. The predicted molar refractivity (Wildman–Crippen MR) is 225 cm³/mol. The molecule has 17 heteroatoms. The van der Waals surface area contributed by atoms with Crippen molar-refractivity contribution in [1.29, 1.82) is 0 Å². The first-order valence-corrected chi connectivity index (χ1v) is 21.8. The number of ketones is 3. The lowest BCUT2D eigenvalue weighted by Gasteiger charge is -2.34. The monoisotopic (exact) mass is 881 g/mol. The van der Waals surface area contributed by atoms with E-state index in [2.05, 4.69) is 26.7 Å². The van der Waals surface area contributed by atoms with E-state index in [0.717, 1.165) is 37.6 Å². The summed E-state index contributed by atoms with van der Waals surface area (Å²) in [6, 6.07) is 3.96. The summed E-state index contributed by atoms with van der Waals surface area (Å²) in [6.45, 7) is 4.27. The van der Waals surface area contributed by atoms with E-state index in [-0.39, 0.29) is 83.7 Å². The number of carbonyl (C=O) groups is 7. The van der Waals surface area contributed by atoms with Crippen molar-refractivity contribution in [2.24, 2.45) is 11.8 Å². The van der Waals surface area contributed by atoms with Crippen LogP contribution in [0.15, 0.2) is 18.2 Å². The third kappa shape index (κ3) is 11.1. The highest BCUT2D eigenvalue weighted by Gasteiger charge is 2.46. The molecule has 5 aliphatic rings. The highest BCUT2D eigenvalue weighted by Crippen LogP contribution is 2.48. The number of Topliss-reactive ketones (excluding diaryl/α,β-unsaturated/α-hetero) is 1. The number of terminal acetylenes is 1. The summed E-state index contributed by atoms with van der Waals surface area (Å²) in [7, 11) is 0. The molecule has 336 valence electrons. The highest BCUT2D eigenvalue weighted by molar-refractivity contribution is 8.00. The van der Waals surface area contributed by atoms with Gasteiger partial charge in [-0.2, -0.15) is 0 Å². The van der Waals surface area contributed by atoms with E-state index in [1.165, 1.54) is 29.5 Å². The summed E-state index contributed by atoms with van der Waals surface area (Å²) in [5, 5.41) is 59.6. The van der Waals surface area contributed by atoms with E-state index in [1.807, 2.05) is 0 Å². The predicted octanol–water partition coefficient (Wildman–Crippen LogP) is 3.87. The number of fused-ring (bicyclic) bond motifs is 3. The zero-order valence-corrected chi connectivity index (χ0v) is 35.7. The summed E-state index contributed by atoms with van der Waals surface area (Å²) in [6.07, 6.45) is 13.0. The van der Waals surface area contributed by atoms with Crippen LogP contribution in [-0.4, -0.2) is 119 Å². The fourth-order valence-electron chi connectivity index (χ4n) is 8.13. The maximum Gasteiger partial charge on any atom is 0.312 e. The first-order valence-electron chi connectivity index (χ1n) is 20.8. The Morgan fingerprint density at radius 2 is 1.58 bits per heavy atom. The Hall–Kier alpha value is -5.12. The van der Waals surface area contributed by atoms with Crippen LogP contribution < -0.4 is 4.74 Å². The molecule has 0 aromatic heterocycles. The maximum absolute atomic E-state index is 13.8. The van der Waals surface area contributed by atoms with Crippen molar-refractivity contribution in [3.05, 3.63) is 51.6 Å². The van der Waals surface area contributed by atoms with Gasteiger partial charge in [-0.25, -0.2) is 0 Å². The number of phenols is 2. The van der Waals surface area contributed by atoms with Gasteiger partial charge in [-0.05, 0) is 69.8 Å². The quantitative estimate of drug-likeness (QED) is 0.0555. The van der Waals surface area contributed by atoms with E-state index in [0.29, 0.717) is 25.7 Å². The number of benzene rings is 2. The molecule has 2 aliphatic heterocycles. The van der Waals surface area contributed by atoms with Crippen molar-refractivity contribution >= 4 is 52.9 Å². The van der Waals surface area contributed by atoms with Gasteiger partial charge in [0.25, 0.3) is 0 Å². The number of esters is 1. The molecule has 6 N–H and O–H groups in total. The number of aliphatic hydroxyl groups is 3. The molecule has 2 aromatic carbocycles. The SMILES string of the molecule is C#C.CCC.O=C(CCSC1CC(=O)N(CC2CCC(C(=O)O)CC2)C1=O)Oc1cccc2c1C(=O)c1c(O)c3c(c(O)c1C2=O)C[C@@](O)(C(=O)CO)CC3.O[C@H]1CCCCO1. The molecule has 2 amide bonds. The van der Waals surface area contributed by atoms with Gasteiger partial charge in [-0.1, -0.05) is 32.4 Å². The van der Waals surface area contributed by atoms with Crippen LogP contribution in [0.25, 0.3) is 0 Å². The number of aromatic hydroxyl groups is 2. The molecule has 1 unspecified atom stereocenters. The summed E-state index contributed by atoms with van der Waals surface area (Å²) >= 11 is 1.12. The number of rotatable bonds is 10. The molecule has 16 nitrogen and oxygen atoms in total. The van der Waals surface area contributed by atoms with Gasteiger partial charge in [0, 0.05) is 48.4 Å². The average Bonchev–Trinajstić information content (AvgIpc) is 3.52. The van der Waals surface area contributed by atoms with Crippen LogP contribution in [0.1, 0.15) is 127 Å². The molecule has 0 bridgehead atoms. The van der Waals surface area contributed by atoms with Crippen molar-refractivity contribution in [1.82, 2.24) is 4.90 Å². The minimum absolute atomic E-state index is 0.0255. The van der Waals surface area contributed by atoms with Gasteiger partial charge >= 0.3 is 11.9 Å². The number of amides is 2. The summed E-state index contributed by atoms with van der Waals surface area (Å²) in [4.78, 5) is 90.7. The topological polar surface area (TPSA) is 263 Å². The second-order valence-electron chi connectivity index (χ2n) is 15.7. The van der Waals surface area contributed by atoms with E-state index >= 15 is 0 Å². The van der Waals surface area contributed by atoms with Gasteiger partial charge in [0.05, 0.1) is 34.3 Å². The second-order valence-corrected chi connectivity index (χ2v) is 17.1. The first-order chi connectivity index (χ1) is 29.6. The van der Waals surface area contributed by atoms with Gasteiger partial charge in [0.1, 0.15) is 29.5 Å². The molecular weight excluding hydrogens is 827 g/mol. The molecule has 7 rings (SSSR count). The number of aliphatic carboxylic acids is 1. The van der Waals surface area contributed by atoms with Crippen molar-refractivity contribution in [3.8, 4) is 30.1 Å². The normalized spacial score (nSPS) is 23.8. The molecular formula is C45H55NO15S. The number of likely N-dealkylation sites (tertiary alicyclic amines) is 1. The third-order valence-electron chi connectivity index (χ3n) is 11.4. The molecule has 2 saturated heterocycles. The number of nitrogens with zero attached hydrogens (tertiary/aromatic N) is 1. The fourth-order valence-corrected chi connectivity index (χ4v) is 9.23. The number of carboxylic acid groups (broad SMARTS) is 1. The van der Waals surface area contributed by atoms with Crippen molar-refractivity contribution in [2.45, 2.75) is 114 Å². The van der Waals surface area contributed by atoms with Crippen LogP contribution in [0.4, 0.5) is 0 Å². The van der Waals surface area contributed by atoms with E-state index in [1.54, 1.807) is 0 Å². The van der Waals surface area contributed by atoms with E-state index < -0.39 is 88.0 Å². The Labute approximate surface area is 364 Å². The zero-order chi connectivity index (χ0) is 45.9. The Morgan fingerprint density at radius 3 is 2.16 bits per heavy atom. The average molecular weight is 882 g/mol. The Morgan fingerprint density at radius 1 is 0.935 bits per heavy atom. The number of ether oxygens (including phenoxy) is 2. The van der Waals surface area contributed by atoms with Crippen LogP contribution in [0, 0.1) is 24.7 Å². The lowest BCUT2D eigenvalue weighted by Crippen LogP contribution is -2.45. The van der Waals surface area contributed by atoms with E-state index in [9.17, 15) is 59.1 Å². The van der Waals surface area contributed by atoms with Crippen LogP contribution in [0.3, 0.4) is 0 Å². The number of hydrogen-bond donors (Lipinski definition) is 6. The molecule has 2 heterocycles. The van der Waals surface area contributed by atoms with Gasteiger partial charge in [-0.15, -0.1) is 24.6 Å². The first kappa shape index (κ1) is 49.5. The molecule has 3 aliphatic carbocycles. The Kier molecular flexibility index (Phi) is 17.8. The third-order valence-corrected chi connectivity index (χ3v) is 12.6. The summed E-state index contributed by atoms with van der Waals surface area (Å²) in [5.41, 5.74) is -3.58. The number of hydrogen-bond acceptors (Lipinski definition) is 15. The molecule has 2 aromatic rings. The number of carboxylic acids is 1. The molecule has 3 atom stereocenters. The number of aliphatic hydroxyl groups excluding tert-OH is 2. The standard InChI is InChI=1S/C35H35NO13S.C5H10O2.C3H8.C2H2/c37-15-23(38)35(48)10-8-18-20(13-35)31(43)27-28(29(18)41)32(44)26-19(30(27)42)2-1-3-21(26)49-25(40)9-11-50-22-12-24(39)36(33(22)45)14-16-4-6-17(7-5-16)34(46)47;6-5-3-1-2-4-7-5;1-3-2;1-2/h1-3,16-17,22,37,41,43,48H,4-15H2,(H,46,47);5-6H,1-4H2;3H2,1-2H3;1-2H/t16?,17?,22?,35-;5-;;/m11../s1. The van der Waals surface area contributed by atoms with Crippen molar-refractivity contribution < 1.29 is 73.7 Å². The molecule has 62 heavy (non-hydrogen) atoms. The largest absolute Gasteiger partial charge is 0.507 e. The van der Waals surface area contributed by atoms with Gasteiger partial charge < -0.3 is 40.1 Å². The highest BCUT2D eigenvalue weighted by atomic mass is 32.2. The summed E-state index contributed by atoms with van der Waals surface area (Å²) in [5.74, 6) is -6.73. The minimum atomic E-state index is -2.04. The van der Waals surface area contributed by atoms with Gasteiger partial charge in [-0.3, -0.25) is 38.5 Å². The molecule has 0 radical (unpaired) electrons.